The van der Waals surface area contributed by atoms with Crippen molar-refractivity contribution >= 4 is 34.8 Å². The molecular formula is C13H11Cl2N3O3. The predicted octanol–water partition coefficient (Wildman–Crippen LogP) is 3.47. The second-order valence-electron chi connectivity index (χ2n) is 4.90. The van der Waals surface area contributed by atoms with E-state index in [1.165, 1.54) is 0 Å². The first-order chi connectivity index (χ1) is 9.88. The molecule has 0 bridgehead atoms. The van der Waals surface area contributed by atoms with Gasteiger partial charge in [0.2, 0.25) is 0 Å². The van der Waals surface area contributed by atoms with Crippen molar-refractivity contribution in [3.05, 3.63) is 37.9 Å². The minimum Gasteiger partial charge on any atom is -0.334 e. The SMILES string of the molecule is N#CC1(NC(=O)c2cc([N+](=O)[O-])cc(Cl)c2Cl)CCCC1. The van der Waals surface area contributed by atoms with E-state index >= 15 is 0 Å². The van der Waals surface area contributed by atoms with E-state index in [1.54, 1.807) is 0 Å². The molecule has 110 valence electrons. The fraction of sp³-hybridized carbons (Fsp3) is 0.385. The molecule has 0 radical (unpaired) electrons. The summed E-state index contributed by atoms with van der Waals surface area (Å²) in [7, 11) is 0. The molecule has 6 nitrogen and oxygen atoms in total. The molecule has 0 saturated heterocycles. The van der Waals surface area contributed by atoms with Crippen molar-refractivity contribution < 1.29 is 9.72 Å². The number of carbonyl (C=O) groups excluding carboxylic acids is 1. The van der Waals surface area contributed by atoms with E-state index in [0.717, 1.165) is 25.0 Å². The summed E-state index contributed by atoms with van der Waals surface area (Å²) in [4.78, 5) is 22.4. The van der Waals surface area contributed by atoms with Crippen molar-refractivity contribution in [2.75, 3.05) is 0 Å². The molecule has 1 N–H and O–H groups in total. The van der Waals surface area contributed by atoms with E-state index in [0.29, 0.717) is 12.8 Å². The number of halogens is 2. The molecule has 1 aliphatic carbocycles. The van der Waals surface area contributed by atoms with Crippen molar-refractivity contribution in [1.82, 2.24) is 5.32 Å². The Hall–Kier alpha value is -1.84. The van der Waals surface area contributed by atoms with Crippen LogP contribution < -0.4 is 5.32 Å². The third-order valence-corrected chi connectivity index (χ3v) is 4.29. The Bertz CT molecular complexity index is 649. The molecule has 8 heteroatoms. The van der Waals surface area contributed by atoms with Gasteiger partial charge in [-0.1, -0.05) is 23.2 Å². The lowest BCUT2D eigenvalue weighted by atomic mass is 9.99. The van der Waals surface area contributed by atoms with Crippen LogP contribution in [0.4, 0.5) is 5.69 Å². The zero-order valence-electron chi connectivity index (χ0n) is 10.9. The molecule has 1 saturated carbocycles. The van der Waals surface area contributed by atoms with Gasteiger partial charge in [-0.25, -0.2) is 0 Å². The molecule has 0 aromatic heterocycles. The highest BCUT2D eigenvalue weighted by atomic mass is 35.5. The lowest BCUT2D eigenvalue weighted by Crippen LogP contribution is -2.45. The summed E-state index contributed by atoms with van der Waals surface area (Å²) in [6.45, 7) is 0. The summed E-state index contributed by atoms with van der Waals surface area (Å²) in [5.41, 5.74) is -1.36. The highest BCUT2D eigenvalue weighted by molar-refractivity contribution is 6.44. The van der Waals surface area contributed by atoms with Crippen LogP contribution in [0.1, 0.15) is 36.0 Å². The summed E-state index contributed by atoms with van der Waals surface area (Å²) in [6, 6.07) is 4.25. The molecule has 1 aliphatic rings. The van der Waals surface area contributed by atoms with E-state index in [9.17, 15) is 20.2 Å². The molecule has 0 atom stereocenters. The van der Waals surface area contributed by atoms with Crippen molar-refractivity contribution in [3.63, 3.8) is 0 Å². The first kappa shape index (κ1) is 15.5. The second kappa shape index (κ2) is 5.88. The van der Waals surface area contributed by atoms with Crippen LogP contribution in [0.3, 0.4) is 0 Å². The molecule has 0 spiro atoms. The van der Waals surface area contributed by atoms with Gasteiger partial charge in [0.1, 0.15) is 5.54 Å². The summed E-state index contributed by atoms with van der Waals surface area (Å²) in [5.74, 6) is -0.631. The standard InChI is InChI=1S/C13H11Cl2N3O3/c14-10-6-8(18(20)21)5-9(11(10)15)12(19)17-13(7-16)3-1-2-4-13/h5-6H,1-4H2,(H,17,19). The van der Waals surface area contributed by atoms with Crippen LogP contribution in [0.2, 0.25) is 10.0 Å². The third kappa shape index (κ3) is 3.09. The van der Waals surface area contributed by atoms with Crippen LogP contribution in [0, 0.1) is 21.4 Å². The van der Waals surface area contributed by atoms with Gasteiger partial charge < -0.3 is 5.32 Å². The molecule has 1 fully saturated rings. The predicted molar refractivity (Wildman–Crippen MR) is 77.4 cm³/mol. The lowest BCUT2D eigenvalue weighted by Gasteiger charge is -2.22. The maximum atomic E-state index is 12.3. The van der Waals surface area contributed by atoms with Crippen LogP contribution in [0.5, 0.6) is 0 Å². The number of nitro benzene ring substituents is 1. The van der Waals surface area contributed by atoms with E-state index in [4.69, 9.17) is 23.2 Å². The molecule has 1 aromatic carbocycles. The fourth-order valence-corrected chi connectivity index (χ4v) is 2.78. The minimum absolute atomic E-state index is 0.0640. The van der Waals surface area contributed by atoms with Crippen LogP contribution >= 0.6 is 23.2 Å². The Morgan fingerprint density at radius 3 is 2.52 bits per heavy atom. The summed E-state index contributed by atoms with van der Waals surface area (Å²) in [5, 5.41) is 22.6. The van der Waals surface area contributed by atoms with Crippen molar-refractivity contribution in [3.8, 4) is 6.07 Å². The number of nitrogens with zero attached hydrogens (tertiary/aromatic N) is 2. The van der Waals surface area contributed by atoms with Gasteiger partial charge in [0, 0.05) is 12.1 Å². The first-order valence-corrected chi connectivity index (χ1v) is 7.01. The number of hydrogen-bond donors (Lipinski definition) is 1. The lowest BCUT2D eigenvalue weighted by molar-refractivity contribution is -0.384. The number of nitriles is 1. The summed E-state index contributed by atoms with van der Waals surface area (Å²) in [6.07, 6.45) is 2.79. The number of non-ortho nitro benzene ring substituents is 1. The molecule has 0 unspecified atom stereocenters. The Kier molecular flexibility index (Phi) is 4.35. The van der Waals surface area contributed by atoms with Gasteiger partial charge in [0.15, 0.2) is 0 Å². The Morgan fingerprint density at radius 2 is 2.00 bits per heavy atom. The van der Waals surface area contributed by atoms with Gasteiger partial charge in [-0.05, 0) is 25.7 Å². The van der Waals surface area contributed by atoms with Crippen molar-refractivity contribution in [1.29, 1.82) is 5.26 Å². The maximum Gasteiger partial charge on any atom is 0.271 e. The van der Waals surface area contributed by atoms with E-state index < -0.39 is 16.4 Å². The molecule has 2 rings (SSSR count). The maximum absolute atomic E-state index is 12.3. The smallest absolute Gasteiger partial charge is 0.271 e. The van der Waals surface area contributed by atoms with Gasteiger partial charge in [0.05, 0.1) is 26.6 Å². The molecular weight excluding hydrogens is 317 g/mol. The van der Waals surface area contributed by atoms with Gasteiger partial charge in [-0.2, -0.15) is 5.26 Å². The first-order valence-electron chi connectivity index (χ1n) is 6.26. The Balaban J connectivity index is 2.35. The number of nitro groups is 1. The monoisotopic (exact) mass is 327 g/mol. The molecule has 0 aliphatic heterocycles. The average Bonchev–Trinajstić information content (AvgIpc) is 2.90. The van der Waals surface area contributed by atoms with E-state index in [1.807, 2.05) is 0 Å². The Labute approximate surface area is 130 Å². The third-order valence-electron chi connectivity index (χ3n) is 3.49. The zero-order valence-corrected chi connectivity index (χ0v) is 12.4. The van der Waals surface area contributed by atoms with Gasteiger partial charge in [-0.15, -0.1) is 0 Å². The molecule has 1 amide bonds. The Morgan fingerprint density at radius 1 is 1.38 bits per heavy atom. The van der Waals surface area contributed by atoms with E-state index in [-0.39, 0.29) is 21.3 Å². The summed E-state index contributed by atoms with van der Waals surface area (Å²) < 4.78 is 0. The summed E-state index contributed by atoms with van der Waals surface area (Å²) >= 11 is 11.8. The normalized spacial score (nSPS) is 16.2. The topological polar surface area (TPSA) is 96.0 Å². The number of carbonyl (C=O) groups is 1. The van der Waals surface area contributed by atoms with Crippen molar-refractivity contribution in [2.45, 2.75) is 31.2 Å². The number of hydrogen-bond acceptors (Lipinski definition) is 4. The number of rotatable bonds is 3. The highest BCUT2D eigenvalue weighted by Gasteiger charge is 2.36. The quantitative estimate of drug-likeness (QED) is 0.679. The van der Waals surface area contributed by atoms with Crippen LogP contribution in [0.15, 0.2) is 12.1 Å². The fourth-order valence-electron chi connectivity index (χ4n) is 2.37. The van der Waals surface area contributed by atoms with Crippen LogP contribution in [-0.2, 0) is 0 Å². The number of nitrogens with one attached hydrogen (secondary N) is 1. The van der Waals surface area contributed by atoms with Crippen LogP contribution in [0.25, 0.3) is 0 Å². The number of benzene rings is 1. The molecule has 21 heavy (non-hydrogen) atoms. The van der Waals surface area contributed by atoms with Crippen LogP contribution in [-0.4, -0.2) is 16.4 Å². The molecule has 0 heterocycles. The number of amides is 1. The highest BCUT2D eigenvalue weighted by Crippen LogP contribution is 2.33. The van der Waals surface area contributed by atoms with Gasteiger partial charge in [0.25, 0.3) is 11.6 Å². The average molecular weight is 328 g/mol. The second-order valence-corrected chi connectivity index (χ2v) is 5.69. The zero-order chi connectivity index (χ0) is 15.6. The van der Waals surface area contributed by atoms with Crippen molar-refractivity contribution in [2.24, 2.45) is 0 Å². The largest absolute Gasteiger partial charge is 0.334 e. The van der Waals surface area contributed by atoms with Gasteiger partial charge >= 0.3 is 0 Å². The van der Waals surface area contributed by atoms with E-state index in [2.05, 4.69) is 11.4 Å². The van der Waals surface area contributed by atoms with Gasteiger partial charge in [-0.3, -0.25) is 14.9 Å². The molecule has 1 aromatic rings. The minimum atomic E-state index is -0.933.